The van der Waals surface area contributed by atoms with Crippen molar-refractivity contribution in [2.45, 2.75) is 0 Å². The molecule has 6 heavy (non-hydrogen) atoms. The number of halogens is 1. The second-order valence-electron chi connectivity index (χ2n) is 0.527. The van der Waals surface area contributed by atoms with Crippen LogP contribution in [0.2, 0.25) is 0 Å². The fourth-order valence-corrected chi connectivity index (χ4v) is 0. The van der Waals surface area contributed by atoms with Crippen LogP contribution in [-0.2, 0) is 4.79 Å². The van der Waals surface area contributed by atoms with Crippen molar-refractivity contribution in [1.29, 1.82) is 0 Å². The van der Waals surface area contributed by atoms with Gasteiger partial charge < -0.3 is 6.53 Å². The molecule has 0 rings (SSSR count). The van der Waals surface area contributed by atoms with Gasteiger partial charge in [-0.05, 0) is 0 Å². The van der Waals surface area contributed by atoms with Crippen LogP contribution in [0.4, 0.5) is 0 Å². The second kappa shape index (κ2) is 5.55. The number of hydrogen-bond donors (Lipinski definition) is 1. The molecule has 0 spiro atoms. The van der Waals surface area contributed by atoms with Gasteiger partial charge in [0.15, 0.2) is 0 Å². The number of hydrogen-bond acceptors (Lipinski definition) is 1. The van der Waals surface area contributed by atoms with Crippen molar-refractivity contribution in [2.24, 2.45) is 0 Å². The van der Waals surface area contributed by atoms with Crippen molar-refractivity contribution >= 4 is 21.9 Å². The summed E-state index contributed by atoms with van der Waals surface area (Å²) in [6.45, 7) is 0. The molecule has 0 radical (unpaired) electrons. The first-order valence-corrected chi connectivity index (χ1v) is 2.17. The SMILES string of the molecule is O=C(O)CBr.[H-].[Li+]. The van der Waals surface area contributed by atoms with Gasteiger partial charge in [0.25, 0.3) is 0 Å². The normalized spacial score (nSPS) is 6.17. The van der Waals surface area contributed by atoms with Crippen molar-refractivity contribution in [1.82, 2.24) is 0 Å². The van der Waals surface area contributed by atoms with Gasteiger partial charge in [-0.15, -0.1) is 0 Å². The quantitative estimate of drug-likeness (QED) is 0.331. The van der Waals surface area contributed by atoms with Crippen LogP contribution >= 0.6 is 15.9 Å². The number of carboxylic acids is 1. The molecular weight excluding hydrogens is 143 g/mol. The van der Waals surface area contributed by atoms with Crippen LogP contribution in [0.3, 0.4) is 0 Å². The summed E-state index contributed by atoms with van der Waals surface area (Å²) in [5, 5.41) is 7.71. The Morgan fingerprint density at radius 1 is 2.00 bits per heavy atom. The fraction of sp³-hybridized carbons (Fsp3) is 0.500. The molecule has 4 heteroatoms. The van der Waals surface area contributed by atoms with Crippen LogP contribution in [0, 0.1) is 0 Å². The van der Waals surface area contributed by atoms with E-state index in [0.29, 0.717) is 0 Å². The minimum absolute atomic E-state index is 0. The van der Waals surface area contributed by atoms with Gasteiger partial charge in [0, 0.05) is 0 Å². The summed E-state index contributed by atoms with van der Waals surface area (Å²) in [5.41, 5.74) is 0. The first-order valence-electron chi connectivity index (χ1n) is 1.05. The number of aliphatic carboxylic acids is 1. The molecule has 0 unspecified atom stereocenters. The molecule has 0 aliphatic heterocycles. The van der Waals surface area contributed by atoms with Crippen molar-refractivity contribution < 1.29 is 30.2 Å². The first kappa shape index (κ1) is 9.74. The Hall–Kier alpha value is 0.547. The maximum Gasteiger partial charge on any atom is 1.00 e. The van der Waals surface area contributed by atoms with Crippen LogP contribution in [0.5, 0.6) is 0 Å². The Balaban J connectivity index is -0.0000000800. The number of carbonyl (C=O) groups is 1. The van der Waals surface area contributed by atoms with Gasteiger partial charge in [-0.3, -0.25) is 4.79 Å². The van der Waals surface area contributed by atoms with Gasteiger partial charge in [-0.2, -0.15) is 0 Å². The minimum atomic E-state index is -0.829. The van der Waals surface area contributed by atoms with Gasteiger partial charge >= 0.3 is 24.8 Å². The Morgan fingerprint density at radius 2 is 2.17 bits per heavy atom. The summed E-state index contributed by atoms with van der Waals surface area (Å²) in [6.07, 6.45) is 0. The van der Waals surface area contributed by atoms with Crippen molar-refractivity contribution in [3.63, 3.8) is 0 Å². The average molecular weight is 147 g/mol. The van der Waals surface area contributed by atoms with Gasteiger partial charge in [-0.25, -0.2) is 0 Å². The van der Waals surface area contributed by atoms with E-state index >= 15 is 0 Å². The molecule has 0 aromatic carbocycles. The molecule has 0 saturated carbocycles. The predicted octanol–water partition coefficient (Wildman–Crippen LogP) is -2.42. The number of rotatable bonds is 1. The standard InChI is InChI=1S/C2H3BrO2.Li.H/c3-1-2(4)5;;/h1H2,(H,4,5);;/q;+1;-1. The van der Waals surface area contributed by atoms with E-state index in [4.69, 9.17) is 5.11 Å². The van der Waals surface area contributed by atoms with Gasteiger partial charge in [-0.1, -0.05) is 15.9 Å². The topological polar surface area (TPSA) is 37.3 Å². The van der Waals surface area contributed by atoms with E-state index in [1.165, 1.54) is 0 Å². The summed E-state index contributed by atoms with van der Waals surface area (Å²) in [5.74, 6) is -0.829. The molecule has 0 heterocycles. The molecule has 32 valence electrons. The third kappa shape index (κ3) is 8.82. The Labute approximate surface area is 57.7 Å². The van der Waals surface area contributed by atoms with Crippen LogP contribution in [0.1, 0.15) is 1.43 Å². The summed E-state index contributed by atoms with van der Waals surface area (Å²) >= 11 is 2.71. The predicted molar refractivity (Wildman–Crippen MR) is 22.5 cm³/mol. The van der Waals surface area contributed by atoms with Crippen molar-refractivity contribution in [3.05, 3.63) is 0 Å². The van der Waals surface area contributed by atoms with Crippen LogP contribution in [0.25, 0.3) is 0 Å². The molecule has 1 N–H and O–H groups in total. The van der Waals surface area contributed by atoms with E-state index in [2.05, 4.69) is 15.9 Å². The molecule has 0 aliphatic rings. The van der Waals surface area contributed by atoms with Gasteiger partial charge in [0.1, 0.15) is 5.33 Å². The Bertz CT molecular complexity index is 51.0. The molecule has 0 aromatic rings. The van der Waals surface area contributed by atoms with Crippen LogP contribution < -0.4 is 18.9 Å². The molecule has 0 bridgehead atoms. The van der Waals surface area contributed by atoms with Gasteiger partial charge in [0.2, 0.25) is 0 Å². The van der Waals surface area contributed by atoms with Crippen LogP contribution in [-0.4, -0.2) is 16.4 Å². The zero-order valence-corrected chi connectivity index (χ0v) is 5.03. The van der Waals surface area contributed by atoms with Crippen molar-refractivity contribution in [3.8, 4) is 0 Å². The van der Waals surface area contributed by atoms with Crippen molar-refractivity contribution in [2.75, 3.05) is 5.33 Å². The molecule has 0 amide bonds. The number of alkyl halides is 1. The molecule has 2 nitrogen and oxygen atoms in total. The number of carboxylic acid groups (broad SMARTS) is 1. The maximum atomic E-state index is 9.32. The molecular formula is C2H4BrLiO2. The summed E-state index contributed by atoms with van der Waals surface area (Å²) in [7, 11) is 0. The maximum absolute atomic E-state index is 9.32. The van der Waals surface area contributed by atoms with E-state index in [-0.39, 0.29) is 25.6 Å². The molecule has 0 fully saturated rings. The van der Waals surface area contributed by atoms with E-state index in [1.54, 1.807) is 0 Å². The molecule has 0 atom stereocenters. The third-order valence-electron chi connectivity index (χ3n) is 0.114. The summed E-state index contributed by atoms with van der Waals surface area (Å²) < 4.78 is 0. The zero-order chi connectivity index (χ0) is 4.28. The second-order valence-corrected chi connectivity index (χ2v) is 1.09. The van der Waals surface area contributed by atoms with E-state index < -0.39 is 5.97 Å². The largest absolute Gasteiger partial charge is 1.00 e. The van der Waals surface area contributed by atoms with Gasteiger partial charge in [0.05, 0.1) is 0 Å². The van der Waals surface area contributed by atoms with E-state index in [1.807, 2.05) is 0 Å². The third-order valence-corrected chi connectivity index (χ3v) is 0.594. The fourth-order valence-electron chi connectivity index (χ4n) is 0. The van der Waals surface area contributed by atoms with E-state index in [0.717, 1.165) is 0 Å². The summed E-state index contributed by atoms with van der Waals surface area (Å²) in [6, 6.07) is 0. The molecule has 0 saturated heterocycles. The van der Waals surface area contributed by atoms with E-state index in [9.17, 15) is 4.79 Å². The first-order chi connectivity index (χ1) is 2.27. The Morgan fingerprint density at radius 3 is 2.17 bits per heavy atom. The average Bonchev–Trinajstić information content (AvgIpc) is 1.38. The Kier molecular flexibility index (Phi) is 9.01. The van der Waals surface area contributed by atoms with Crippen LogP contribution in [0.15, 0.2) is 0 Å². The molecule has 0 aromatic heterocycles. The smallest absolute Gasteiger partial charge is 1.00 e. The molecule has 0 aliphatic carbocycles. The monoisotopic (exact) mass is 146 g/mol. The zero-order valence-electron chi connectivity index (χ0n) is 4.44. The summed E-state index contributed by atoms with van der Waals surface area (Å²) in [4.78, 5) is 9.32. The minimum Gasteiger partial charge on any atom is -1.00 e.